The molecule has 0 aromatic heterocycles. The number of benzene rings is 1. The predicted molar refractivity (Wildman–Crippen MR) is 90.4 cm³/mol. The van der Waals surface area contributed by atoms with Crippen LogP contribution in [0.25, 0.3) is 0 Å². The highest BCUT2D eigenvalue weighted by atomic mass is 32.2. The molecule has 0 saturated carbocycles. The van der Waals surface area contributed by atoms with E-state index in [0.29, 0.717) is 0 Å². The van der Waals surface area contributed by atoms with Crippen LogP contribution in [0.1, 0.15) is 24.0 Å². The van der Waals surface area contributed by atoms with Crippen LogP contribution in [-0.4, -0.2) is 47.7 Å². The van der Waals surface area contributed by atoms with Crippen molar-refractivity contribution < 1.29 is 9.53 Å². The van der Waals surface area contributed by atoms with Crippen LogP contribution in [0, 0.1) is 13.8 Å². The van der Waals surface area contributed by atoms with Crippen molar-refractivity contribution in [3.05, 3.63) is 29.3 Å². The number of ether oxygens (including phenoxy) is 1. The summed E-state index contributed by atoms with van der Waals surface area (Å²) >= 11 is 1.80. The van der Waals surface area contributed by atoms with E-state index in [1.807, 2.05) is 11.0 Å². The van der Waals surface area contributed by atoms with E-state index in [1.54, 1.807) is 11.8 Å². The highest BCUT2D eigenvalue weighted by molar-refractivity contribution is 7.99. The Balaban J connectivity index is 1.51. The molecule has 4 nitrogen and oxygen atoms in total. The standard InChI is InChI=1S/C17H24N2O2S/c1-12-3-4-15(9-13(12)2)21-14-5-7-19(8-6-14)17(20)16-10-22-11-18-16/h3-4,9,14,16,18H,5-8,10-11H2,1-2H3/t16-/m1/s1. The minimum Gasteiger partial charge on any atom is -0.490 e. The number of aryl methyl sites for hydroxylation is 2. The number of hydrogen-bond acceptors (Lipinski definition) is 4. The van der Waals surface area contributed by atoms with Gasteiger partial charge >= 0.3 is 0 Å². The van der Waals surface area contributed by atoms with Crippen molar-refractivity contribution in [1.82, 2.24) is 10.2 Å². The summed E-state index contributed by atoms with van der Waals surface area (Å²) in [4.78, 5) is 14.3. The molecule has 2 aliphatic rings. The van der Waals surface area contributed by atoms with Crippen molar-refractivity contribution in [1.29, 1.82) is 0 Å². The molecule has 3 rings (SSSR count). The van der Waals surface area contributed by atoms with E-state index in [1.165, 1.54) is 11.1 Å². The van der Waals surface area contributed by atoms with E-state index in [0.717, 1.165) is 43.3 Å². The van der Waals surface area contributed by atoms with Crippen molar-refractivity contribution in [2.75, 3.05) is 24.7 Å². The summed E-state index contributed by atoms with van der Waals surface area (Å²) in [6.45, 7) is 5.82. The van der Waals surface area contributed by atoms with Crippen LogP contribution in [0.3, 0.4) is 0 Å². The predicted octanol–water partition coefficient (Wildman–Crippen LogP) is 2.34. The highest BCUT2D eigenvalue weighted by Gasteiger charge is 2.30. The lowest BCUT2D eigenvalue weighted by atomic mass is 10.1. The molecule has 0 aliphatic carbocycles. The van der Waals surface area contributed by atoms with Crippen LogP contribution in [0.15, 0.2) is 18.2 Å². The molecule has 0 radical (unpaired) electrons. The zero-order chi connectivity index (χ0) is 15.5. The van der Waals surface area contributed by atoms with Gasteiger partial charge in [-0.2, -0.15) is 0 Å². The van der Waals surface area contributed by atoms with Gasteiger partial charge in [0.25, 0.3) is 0 Å². The Kier molecular flexibility index (Phi) is 4.93. The van der Waals surface area contributed by atoms with E-state index in [2.05, 4.69) is 31.3 Å². The van der Waals surface area contributed by atoms with Gasteiger partial charge in [-0.1, -0.05) is 6.07 Å². The fourth-order valence-corrected chi connectivity index (χ4v) is 3.88. The van der Waals surface area contributed by atoms with Gasteiger partial charge in [0.1, 0.15) is 11.9 Å². The molecule has 2 saturated heterocycles. The molecular weight excluding hydrogens is 296 g/mol. The Morgan fingerprint density at radius 2 is 2.05 bits per heavy atom. The monoisotopic (exact) mass is 320 g/mol. The number of thioether (sulfide) groups is 1. The summed E-state index contributed by atoms with van der Waals surface area (Å²) in [5.41, 5.74) is 2.55. The number of rotatable bonds is 3. The Morgan fingerprint density at radius 1 is 1.27 bits per heavy atom. The quantitative estimate of drug-likeness (QED) is 0.928. The van der Waals surface area contributed by atoms with E-state index in [-0.39, 0.29) is 18.1 Å². The molecule has 22 heavy (non-hydrogen) atoms. The highest BCUT2D eigenvalue weighted by Crippen LogP contribution is 2.22. The van der Waals surface area contributed by atoms with Crippen molar-refractivity contribution in [3.63, 3.8) is 0 Å². The van der Waals surface area contributed by atoms with Gasteiger partial charge < -0.3 is 9.64 Å². The molecule has 2 aliphatic heterocycles. The van der Waals surface area contributed by atoms with Crippen molar-refractivity contribution >= 4 is 17.7 Å². The van der Waals surface area contributed by atoms with Gasteiger partial charge in [-0.3, -0.25) is 10.1 Å². The van der Waals surface area contributed by atoms with Crippen molar-refractivity contribution in [3.8, 4) is 5.75 Å². The molecule has 5 heteroatoms. The molecule has 1 N–H and O–H groups in total. The average molecular weight is 320 g/mol. The minimum atomic E-state index is 0.0159. The lowest BCUT2D eigenvalue weighted by Crippen LogP contribution is -2.49. The Hall–Kier alpha value is -1.20. The number of nitrogens with zero attached hydrogens (tertiary/aromatic N) is 1. The van der Waals surface area contributed by atoms with Gasteiger partial charge in [0.2, 0.25) is 5.91 Å². The molecular formula is C17H24N2O2S. The van der Waals surface area contributed by atoms with Crippen LogP contribution in [0.5, 0.6) is 5.75 Å². The van der Waals surface area contributed by atoms with E-state index in [4.69, 9.17) is 4.74 Å². The normalized spacial score (nSPS) is 22.8. The van der Waals surface area contributed by atoms with Crippen LogP contribution in [0.4, 0.5) is 0 Å². The summed E-state index contributed by atoms with van der Waals surface area (Å²) in [5, 5.41) is 3.26. The Labute approximate surface area is 136 Å². The van der Waals surface area contributed by atoms with Gasteiger partial charge in [0.15, 0.2) is 0 Å². The Morgan fingerprint density at radius 3 is 2.68 bits per heavy atom. The second kappa shape index (κ2) is 6.92. The van der Waals surface area contributed by atoms with Gasteiger partial charge in [0, 0.05) is 37.6 Å². The van der Waals surface area contributed by atoms with E-state index in [9.17, 15) is 4.79 Å². The second-order valence-corrected chi connectivity index (χ2v) is 7.19. The molecule has 1 aromatic carbocycles. The van der Waals surface area contributed by atoms with Crippen molar-refractivity contribution in [2.24, 2.45) is 0 Å². The van der Waals surface area contributed by atoms with Gasteiger partial charge in [-0.05, 0) is 37.1 Å². The maximum Gasteiger partial charge on any atom is 0.240 e. The molecule has 1 atom stereocenters. The maximum atomic E-state index is 12.4. The van der Waals surface area contributed by atoms with Crippen LogP contribution >= 0.6 is 11.8 Å². The first-order chi connectivity index (χ1) is 10.6. The molecule has 120 valence electrons. The fourth-order valence-electron chi connectivity index (χ4n) is 2.95. The third-order valence-corrected chi connectivity index (χ3v) is 5.49. The summed E-state index contributed by atoms with van der Waals surface area (Å²) < 4.78 is 6.09. The lowest BCUT2D eigenvalue weighted by molar-refractivity contribution is -0.134. The second-order valence-electron chi connectivity index (χ2n) is 6.16. The first kappa shape index (κ1) is 15.7. The van der Waals surface area contributed by atoms with Crippen LogP contribution < -0.4 is 10.1 Å². The maximum absolute atomic E-state index is 12.4. The molecule has 0 bridgehead atoms. The number of likely N-dealkylation sites (tertiary alicyclic amines) is 1. The van der Waals surface area contributed by atoms with E-state index < -0.39 is 0 Å². The van der Waals surface area contributed by atoms with Gasteiger partial charge in [-0.15, -0.1) is 11.8 Å². The largest absolute Gasteiger partial charge is 0.490 e. The fraction of sp³-hybridized carbons (Fsp3) is 0.588. The number of nitrogens with one attached hydrogen (secondary N) is 1. The van der Waals surface area contributed by atoms with Gasteiger partial charge in [-0.25, -0.2) is 0 Å². The number of hydrogen-bond donors (Lipinski definition) is 1. The SMILES string of the molecule is Cc1ccc(OC2CCN(C(=O)[C@H]3CSCN3)CC2)cc1C. The number of carbonyl (C=O) groups is 1. The molecule has 1 amide bonds. The zero-order valence-corrected chi connectivity index (χ0v) is 14.1. The molecule has 2 heterocycles. The minimum absolute atomic E-state index is 0.0159. The van der Waals surface area contributed by atoms with Crippen LogP contribution in [-0.2, 0) is 4.79 Å². The summed E-state index contributed by atoms with van der Waals surface area (Å²) in [6, 6.07) is 6.26. The number of amides is 1. The number of carbonyl (C=O) groups excluding carboxylic acids is 1. The topological polar surface area (TPSA) is 41.6 Å². The zero-order valence-electron chi connectivity index (χ0n) is 13.3. The first-order valence-corrected chi connectivity index (χ1v) is 9.13. The van der Waals surface area contributed by atoms with Crippen LogP contribution in [0.2, 0.25) is 0 Å². The third kappa shape index (κ3) is 3.58. The third-order valence-electron chi connectivity index (χ3n) is 4.55. The number of piperidine rings is 1. The summed E-state index contributed by atoms with van der Waals surface area (Å²) in [5.74, 6) is 3.00. The Bertz CT molecular complexity index is 535. The molecule has 0 spiro atoms. The average Bonchev–Trinajstić information content (AvgIpc) is 3.05. The van der Waals surface area contributed by atoms with E-state index >= 15 is 0 Å². The van der Waals surface area contributed by atoms with Crippen molar-refractivity contribution in [2.45, 2.75) is 38.8 Å². The molecule has 1 aromatic rings. The first-order valence-electron chi connectivity index (χ1n) is 7.97. The molecule has 0 unspecified atom stereocenters. The summed E-state index contributed by atoms with van der Waals surface area (Å²) in [6.07, 6.45) is 2.05. The lowest BCUT2D eigenvalue weighted by Gasteiger charge is -2.33. The summed E-state index contributed by atoms with van der Waals surface area (Å²) in [7, 11) is 0. The van der Waals surface area contributed by atoms with Gasteiger partial charge in [0.05, 0.1) is 6.04 Å². The smallest absolute Gasteiger partial charge is 0.240 e. The molecule has 2 fully saturated rings.